The van der Waals surface area contributed by atoms with Gasteiger partial charge in [0.25, 0.3) is 15.9 Å². The van der Waals surface area contributed by atoms with Crippen LogP contribution in [0, 0.1) is 11.3 Å². The maximum atomic E-state index is 12.5. The lowest BCUT2D eigenvalue weighted by molar-refractivity contribution is -0.137. The number of amides is 2. The highest BCUT2D eigenvalue weighted by molar-refractivity contribution is 7.89. The van der Waals surface area contributed by atoms with E-state index in [0.29, 0.717) is 31.5 Å². The quantitative estimate of drug-likeness (QED) is 0.598. The fourth-order valence-electron chi connectivity index (χ4n) is 3.29. The number of nitriles is 1. The summed E-state index contributed by atoms with van der Waals surface area (Å²) in [5.74, 6) is -0.843. The molecule has 10 nitrogen and oxygen atoms in total. The van der Waals surface area contributed by atoms with Gasteiger partial charge in [0.05, 0.1) is 18.2 Å². The summed E-state index contributed by atoms with van der Waals surface area (Å²) in [6, 6.07) is 11.2. The molecule has 2 amide bonds. The average Bonchev–Trinajstić information content (AvgIpc) is 3.31. The van der Waals surface area contributed by atoms with Crippen molar-refractivity contribution >= 4 is 21.8 Å². The number of nitrogens with zero attached hydrogens (tertiary/aromatic N) is 2. The van der Waals surface area contributed by atoms with Gasteiger partial charge < -0.3 is 19.4 Å². The topological polar surface area (TPSA) is 142 Å². The van der Waals surface area contributed by atoms with Gasteiger partial charge in [-0.3, -0.25) is 9.59 Å². The summed E-state index contributed by atoms with van der Waals surface area (Å²) in [6.45, 7) is 1.05. The zero-order chi connectivity index (χ0) is 23.1. The Kier molecular flexibility index (Phi) is 7.63. The van der Waals surface area contributed by atoms with Crippen molar-refractivity contribution in [2.45, 2.75) is 30.6 Å². The summed E-state index contributed by atoms with van der Waals surface area (Å²) in [5, 5.41) is 11.3. The number of piperidine rings is 1. The molecule has 1 aromatic carbocycles. The zero-order valence-corrected chi connectivity index (χ0v) is 18.4. The van der Waals surface area contributed by atoms with Gasteiger partial charge in [-0.1, -0.05) is 12.1 Å². The maximum Gasteiger partial charge on any atom is 0.287 e. The van der Waals surface area contributed by atoms with Gasteiger partial charge >= 0.3 is 0 Å². The van der Waals surface area contributed by atoms with Crippen LogP contribution in [-0.2, 0) is 26.2 Å². The standard InChI is InChI=1S/C21H24N4O6S/c1-23-32(28,29)20-9-8-18(31-20)21(27)24-17-3-2-10-25(12-17)19(26)14-30-13-16-6-4-15(11-22)5-7-16/h4-9,17,23H,2-3,10,12-14H2,1H3,(H,24,27). The number of furan rings is 1. The van der Waals surface area contributed by atoms with Gasteiger partial charge in [0, 0.05) is 19.1 Å². The molecule has 1 saturated heterocycles. The number of hydrogen-bond acceptors (Lipinski definition) is 7. The summed E-state index contributed by atoms with van der Waals surface area (Å²) in [7, 11) is -2.52. The summed E-state index contributed by atoms with van der Waals surface area (Å²) >= 11 is 0. The normalized spacial score (nSPS) is 16.4. The molecule has 170 valence electrons. The van der Waals surface area contributed by atoms with Crippen LogP contribution in [-0.4, -0.2) is 57.9 Å². The largest absolute Gasteiger partial charge is 0.438 e. The van der Waals surface area contributed by atoms with Crippen LogP contribution in [0.4, 0.5) is 0 Å². The molecule has 11 heteroatoms. The Labute approximate surface area is 186 Å². The number of carbonyl (C=O) groups is 2. The van der Waals surface area contributed by atoms with Crippen LogP contribution in [0.15, 0.2) is 45.9 Å². The summed E-state index contributed by atoms with van der Waals surface area (Å²) in [4.78, 5) is 26.5. The van der Waals surface area contributed by atoms with E-state index in [1.165, 1.54) is 19.2 Å². The molecule has 0 saturated carbocycles. The Balaban J connectivity index is 1.48. The molecule has 1 aliphatic heterocycles. The minimum absolute atomic E-state index is 0.0932. The Morgan fingerprint density at radius 1 is 1.25 bits per heavy atom. The predicted octanol–water partition coefficient (Wildman–Crippen LogP) is 0.997. The molecule has 3 rings (SSSR count). The lowest BCUT2D eigenvalue weighted by Gasteiger charge is -2.33. The molecule has 1 aliphatic rings. The highest BCUT2D eigenvalue weighted by atomic mass is 32.2. The van der Waals surface area contributed by atoms with Gasteiger partial charge in [-0.05, 0) is 49.7 Å². The van der Waals surface area contributed by atoms with Crippen molar-refractivity contribution in [3.63, 3.8) is 0 Å². The van der Waals surface area contributed by atoms with E-state index in [2.05, 4.69) is 10.0 Å². The average molecular weight is 461 g/mol. The van der Waals surface area contributed by atoms with Crippen molar-refractivity contribution in [3.8, 4) is 6.07 Å². The van der Waals surface area contributed by atoms with Gasteiger partial charge in [-0.15, -0.1) is 0 Å². The van der Waals surface area contributed by atoms with E-state index in [1.54, 1.807) is 29.2 Å². The van der Waals surface area contributed by atoms with Crippen LogP contribution >= 0.6 is 0 Å². The van der Waals surface area contributed by atoms with Crippen molar-refractivity contribution in [1.29, 1.82) is 5.26 Å². The number of rotatable bonds is 8. The number of ether oxygens (including phenoxy) is 1. The molecule has 2 aromatic rings. The molecule has 0 radical (unpaired) electrons. The molecule has 0 aliphatic carbocycles. The molecule has 0 bridgehead atoms. The third-order valence-corrected chi connectivity index (χ3v) is 6.31. The fourth-order valence-corrected chi connectivity index (χ4v) is 3.94. The number of nitrogens with one attached hydrogen (secondary N) is 2. The van der Waals surface area contributed by atoms with Crippen molar-refractivity contribution in [2.75, 3.05) is 26.7 Å². The zero-order valence-electron chi connectivity index (χ0n) is 17.5. The van der Waals surface area contributed by atoms with E-state index in [9.17, 15) is 18.0 Å². The first kappa shape index (κ1) is 23.5. The number of sulfonamides is 1. The van der Waals surface area contributed by atoms with Crippen molar-refractivity contribution in [2.24, 2.45) is 0 Å². The maximum absolute atomic E-state index is 12.5. The highest BCUT2D eigenvalue weighted by Gasteiger charge is 2.26. The molecule has 2 heterocycles. The highest BCUT2D eigenvalue weighted by Crippen LogP contribution is 2.16. The Morgan fingerprint density at radius 3 is 2.69 bits per heavy atom. The van der Waals surface area contributed by atoms with E-state index >= 15 is 0 Å². The number of carbonyl (C=O) groups excluding carboxylic acids is 2. The number of likely N-dealkylation sites (tertiary alicyclic amines) is 1. The van der Waals surface area contributed by atoms with Gasteiger partial charge in [0.15, 0.2) is 5.76 Å². The molecule has 1 aromatic heterocycles. The Hall–Kier alpha value is -3.20. The van der Waals surface area contributed by atoms with Crippen LogP contribution in [0.5, 0.6) is 0 Å². The Bertz CT molecular complexity index is 1100. The van der Waals surface area contributed by atoms with Crippen molar-refractivity contribution in [3.05, 3.63) is 53.3 Å². The minimum Gasteiger partial charge on any atom is -0.438 e. The Morgan fingerprint density at radius 2 is 2.00 bits per heavy atom. The third kappa shape index (κ3) is 5.94. The van der Waals surface area contributed by atoms with Gasteiger partial charge in [-0.25, -0.2) is 13.1 Å². The van der Waals surface area contributed by atoms with E-state index in [4.69, 9.17) is 14.4 Å². The lowest BCUT2D eigenvalue weighted by Crippen LogP contribution is -2.50. The molecular weight excluding hydrogens is 436 g/mol. The van der Waals surface area contributed by atoms with Gasteiger partial charge in [-0.2, -0.15) is 5.26 Å². The number of hydrogen-bond donors (Lipinski definition) is 2. The minimum atomic E-state index is -3.77. The SMILES string of the molecule is CNS(=O)(=O)c1ccc(C(=O)NC2CCCN(C(=O)COCc3ccc(C#N)cc3)C2)o1. The van der Waals surface area contributed by atoms with Gasteiger partial charge in [0.1, 0.15) is 6.61 Å². The van der Waals surface area contributed by atoms with Crippen LogP contribution in [0.2, 0.25) is 0 Å². The smallest absolute Gasteiger partial charge is 0.287 e. The molecule has 32 heavy (non-hydrogen) atoms. The van der Waals surface area contributed by atoms with Crippen LogP contribution in [0.3, 0.4) is 0 Å². The molecular formula is C21H24N4O6S. The second-order valence-electron chi connectivity index (χ2n) is 7.28. The number of benzene rings is 1. The summed E-state index contributed by atoms with van der Waals surface area (Å²) < 4.78 is 36.3. The van der Waals surface area contributed by atoms with Crippen molar-refractivity contribution < 1.29 is 27.2 Å². The van der Waals surface area contributed by atoms with Gasteiger partial charge in [0.2, 0.25) is 11.0 Å². The first-order chi connectivity index (χ1) is 15.3. The fraction of sp³-hybridized carbons (Fsp3) is 0.381. The van der Waals surface area contributed by atoms with Crippen LogP contribution < -0.4 is 10.0 Å². The predicted molar refractivity (Wildman–Crippen MR) is 113 cm³/mol. The summed E-state index contributed by atoms with van der Waals surface area (Å²) in [6.07, 6.45) is 1.40. The first-order valence-electron chi connectivity index (χ1n) is 10.0. The van der Waals surface area contributed by atoms with Crippen LogP contribution in [0.1, 0.15) is 34.5 Å². The van der Waals surface area contributed by atoms with E-state index in [-0.39, 0.29) is 36.0 Å². The first-order valence-corrected chi connectivity index (χ1v) is 11.5. The third-order valence-electron chi connectivity index (χ3n) is 5.03. The molecule has 1 atom stereocenters. The molecule has 1 unspecified atom stereocenters. The molecule has 1 fully saturated rings. The van der Waals surface area contributed by atoms with Crippen molar-refractivity contribution in [1.82, 2.24) is 14.9 Å². The second kappa shape index (κ2) is 10.4. The second-order valence-corrected chi connectivity index (χ2v) is 9.10. The summed E-state index contributed by atoms with van der Waals surface area (Å²) in [5.41, 5.74) is 1.42. The van der Waals surface area contributed by atoms with E-state index in [0.717, 1.165) is 5.56 Å². The lowest BCUT2D eigenvalue weighted by atomic mass is 10.1. The monoisotopic (exact) mass is 460 g/mol. The molecule has 2 N–H and O–H groups in total. The van der Waals surface area contributed by atoms with E-state index in [1.807, 2.05) is 6.07 Å². The van der Waals surface area contributed by atoms with E-state index < -0.39 is 15.9 Å². The van der Waals surface area contributed by atoms with Crippen LogP contribution in [0.25, 0.3) is 0 Å². The molecule has 0 spiro atoms.